The number of nitrogens with two attached hydrogens (primary N) is 1. The largest absolute Gasteiger partial charge is 0.467 e. The van der Waals surface area contributed by atoms with E-state index in [-0.39, 0.29) is 43.2 Å². The SMILES string of the molecule is CCN(CC1CCN(C(=O)c2coc(CN)c2)C1)CC(F)(F)F.Cl.Cl. The van der Waals surface area contributed by atoms with Crippen molar-refractivity contribution in [1.82, 2.24) is 9.80 Å². The molecule has 146 valence electrons. The molecular weight excluding hydrogens is 382 g/mol. The summed E-state index contributed by atoms with van der Waals surface area (Å²) >= 11 is 0. The molecule has 0 aromatic carbocycles. The summed E-state index contributed by atoms with van der Waals surface area (Å²) < 4.78 is 42.7. The van der Waals surface area contributed by atoms with E-state index in [1.54, 1.807) is 17.9 Å². The topological polar surface area (TPSA) is 62.7 Å². The summed E-state index contributed by atoms with van der Waals surface area (Å²) in [4.78, 5) is 15.4. The molecule has 1 saturated heterocycles. The van der Waals surface area contributed by atoms with Gasteiger partial charge in [-0.15, -0.1) is 24.8 Å². The fourth-order valence-electron chi connectivity index (χ4n) is 2.87. The van der Waals surface area contributed by atoms with Gasteiger partial charge in [-0.3, -0.25) is 9.69 Å². The van der Waals surface area contributed by atoms with Gasteiger partial charge in [-0.05, 0) is 24.9 Å². The molecule has 1 aliphatic rings. The predicted molar refractivity (Wildman–Crippen MR) is 93.3 cm³/mol. The minimum atomic E-state index is -4.19. The Morgan fingerprint density at radius 1 is 1.44 bits per heavy atom. The van der Waals surface area contributed by atoms with Crippen molar-refractivity contribution in [2.24, 2.45) is 11.7 Å². The van der Waals surface area contributed by atoms with Crippen LogP contribution < -0.4 is 5.73 Å². The van der Waals surface area contributed by atoms with Crippen LogP contribution in [0, 0.1) is 5.92 Å². The number of halogens is 5. The van der Waals surface area contributed by atoms with E-state index >= 15 is 0 Å². The molecule has 2 rings (SSSR count). The van der Waals surface area contributed by atoms with Crippen LogP contribution in [0.1, 0.15) is 29.5 Å². The van der Waals surface area contributed by atoms with Gasteiger partial charge < -0.3 is 15.1 Å². The van der Waals surface area contributed by atoms with Crippen LogP contribution in [0.3, 0.4) is 0 Å². The van der Waals surface area contributed by atoms with Crippen molar-refractivity contribution in [3.05, 3.63) is 23.7 Å². The van der Waals surface area contributed by atoms with Gasteiger partial charge in [0.2, 0.25) is 0 Å². The second kappa shape index (κ2) is 10.3. The van der Waals surface area contributed by atoms with Gasteiger partial charge in [-0.1, -0.05) is 6.92 Å². The summed E-state index contributed by atoms with van der Waals surface area (Å²) in [6.45, 7) is 2.73. The summed E-state index contributed by atoms with van der Waals surface area (Å²) in [6.07, 6.45) is -2.11. The van der Waals surface area contributed by atoms with E-state index in [1.165, 1.54) is 11.2 Å². The van der Waals surface area contributed by atoms with E-state index in [0.29, 0.717) is 43.9 Å². The molecule has 2 N–H and O–H groups in total. The van der Waals surface area contributed by atoms with Crippen LogP contribution in [-0.2, 0) is 6.54 Å². The highest BCUT2D eigenvalue weighted by molar-refractivity contribution is 5.94. The number of nitrogens with zero attached hydrogens (tertiary/aromatic N) is 2. The van der Waals surface area contributed by atoms with Crippen LogP contribution in [0.4, 0.5) is 13.2 Å². The van der Waals surface area contributed by atoms with Gasteiger partial charge in [-0.2, -0.15) is 13.2 Å². The van der Waals surface area contributed by atoms with Crippen molar-refractivity contribution < 1.29 is 22.4 Å². The van der Waals surface area contributed by atoms with Crippen LogP contribution in [0.25, 0.3) is 0 Å². The van der Waals surface area contributed by atoms with Crippen molar-refractivity contribution in [3.8, 4) is 0 Å². The molecule has 0 saturated carbocycles. The average Bonchev–Trinajstić information content (AvgIpc) is 3.13. The summed E-state index contributed by atoms with van der Waals surface area (Å²) in [5.74, 6) is 0.434. The first-order valence-corrected chi connectivity index (χ1v) is 7.68. The molecule has 0 aliphatic carbocycles. The zero-order valence-electron chi connectivity index (χ0n) is 13.9. The third-order valence-corrected chi connectivity index (χ3v) is 4.04. The lowest BCUT2D eigenvalue weighted by molar-refractivity contribution is -0.146. The quantitative estimate of drug-likeness (QED) is 0.789. The predicted octanol–water partition coefficient (Wildman–Crippen LogP) is 2.93. The lowest BCUT2D eigenvalue weighted by atomic mass is 10.1. The molecule has 5 nitrogen and oxygen atoms in total. The maximum atomic E-state index is 12.5. The standard InChI is InChI=1S/C15H22F3N3O2.2ClH/c1-2-20(10-15(16,17)18)7-11-3-4-21(8-11)14(22)12-5-13(6-19)23-9-12;;/h5,9,11H,2-4,6-8,10,19H2,1H3;2*1H. The molecule has 1 unspecified atom stereocenters. The van der Waals surface area contributed by atoms with Crippen molar-refractivity contribution in [3.63, 3.8) is 0 Å². The Labute approximate surface area is 157 Å². The number of furan rings is 1. The normalized spacial score (nSPS) is 17.4. The lowest BCUT2D eigenvalue weighted by Crippen LogP contribution is -2.38. The molecule has 2 heterocycles. The molecule has 0 bridgehead atoms. The number of likely N-dealkylation sites (tertiary alicyclic amines) is 1. The van der Waals surface area contributed by atoms with Gasteiger partial charge in [0.15, 0.2) is 0 Å². The Hall–Kier alpha value is -0.960. The number of carbonyl (C=O) groups excluding carboxylic acids is 1. The van der Waals surface area contributed by atoms with Crippen molar-refractivity contribution in [1.29, 1.82) is 0 Å². The second-order valence-corrected chi connectivity index (χ2v) is 5.85. The van der Waals surface area contributed by atoms with E-state index in [1.807, 2.05) is 0 Å². The van der Waals surface area contributed by atoms with E-state index in [4.69, 9.17) is 10.2 Å². The third-order valence-electron chi connectivity index (χ3n) is 4.04. The number of hydrogen-bond donors (Lipinski definition) is 1. The van der Waals surface area contributed by atoms with Gasteiger partial charge in [0.25, 0.3) is 5.91 Å². The molecular formula is C15H24Cl2F3N3O2. The molecule has 1 fully saturated rings. The Morgan fingerprint density at radius 3 is 2.64 bits per heavy atom. The van der Waals surface area contributed by atoms with Gasteiger partial charge in [0.1, 0.15) is 12.0 Å². The van der Waals surface area contributed by atoms with Crippen LogP contribution in [0.2, 0.25) is 0 Å². The van der Waals surface area contributed by atoms with E-state index in [2.05, 4.69) is 0 Å². The van der Waals surface area contributed by atoms with Gasteiger partial charge in [0, 0.05) is 19.6 Å². The van der Waals surface area contributed by atoms with Crippen LogP contribution in [0.5, 0.6) is 0 Å². The molecule has 1 aromatic heterocycles. The van der Waals surface area contributed by atoms with E-state index in [0.717, 1.165) is 0 Å². The minimum Gasteiger partial charge on any atom is -0.467 e. The summed E-state index contributed by atoms with van der Waals surface area (Å²) in [5, 5.41) is 0. The molecule has 10 heteroatoms. The third kappa shape index (κ3) is 7.05. The Morgan fingerprint density at radius 2 is 2.12 bits per heavy atom. The maximum absolute atomic E-state index is 12.5. The maximum Gasteiger partial charge on any atom is 0.401 e. The number of carbonyl (C=O) groups is 1. The molecule has 0 radical (unpaired) electrons. The number of hydrogen-bond acceptors (Lipinski definition) is 4. The first-order chi connectivity index (χ1) is 10.8. The number of amides is 1. The zero-order chi connectivity index (χ0) is 17.0. The number of rotatable bonds is 6. The van der Waals surface area contributed by atoms with Gasteiger partial charge in [-0.25, -0.2) is 0 Å². The van der Waals surface area contributed by atoms with Crippen molar-refractivity contribution in [2.45, 2.75) is 26.1 Å². The van der Waals surface area contributed by atoms with Gasteiger partial charge >= 0.3 is 6.18 Å². The van der Waals surface area contributed by atoms with E-state index < -0.39 is 12.7 Å². The molecule has 0 spiro atoms. The van der Waals surface area contributed by atoms with Crippen LogP contribution in [0.15, 0.2) is 16.7 Å². The molecule has 1 aromatic rings. The molecule has 1 amide bonds. The highest BCUT2D eigenvalue weighted by atomic mass is 35.5. The average molecular weight is 406 g/mol. The zero-order valence-corrected chi connectivity index (χ0v) is 15.6. The Kier molecular flexibility index (Phi) is 9.86. The Balaban J connectivity index is 0.00000288. The highest BCUT2D eigenvalue weighted by Gasteiger charge is 2.33. The monoisotopic (exact) mass is 405 g/mol. The number of alkyl halides is 3. The molecule has 1 atom stereocenters. The summed E-state index contributed by atoms with van der Waals surface area (Å²) in [7, 11) is 0. The molecule has 25 heavy (non-hydrogen) atoms. The van der Waals surface area contributed by atoms with Crippen molar-refractivity contribution in [2.75, 3.05) is 32.7 Å². The smallest absolute Gasteiger partial charge is 0.401 e. The summed E-state index contributed by atoms with van der Waals surface area (Å²) in [6, 6.07) is 1.61. The fraction of sp³-hybridized carbons (Fsp3) is 0.667. The van der Waals surface area contributed by atoms with Crippen LogP contribution in [-0.4, -0.2) is 54.6 Å². The van der Waals surface area contributed by atoms with E-state index in [9.17, 15) is 18.0 Å². The van der Waals surface area contributed by atoms with Gasteiger partial charge in [0.05, 0.1) is 18.7 Å². The fourth-order valence-corrected chi connectivity index (χ4v) is 2.87. The Bertz CT molecular complexity index is 540. The lowest BCUT2D eigenvalue weighted by Gasteiger charge is -2.25. The molecule has 1 aliphatic heterocycles. The first-order valence-electron chi connectivity index (χ1n) is 7.68. The second-order valence-electron chi connectivity index (χ2n) is 5.85. The summed E-state index contributed by atoms with van der Waals surface area (Å²) in [5.41, 5.74) is 5.88. The van der Waals surface area contributed by atoms with Crippen LogP contribution >= 0.6 is 24.8 Å². The minimum absolute atomic E-state index is 0. The first kappa shape index (κ1) is 24.0. The van der Waals surface area contributed by atoms with Crippen molar-refractivity contribution >= 4 is 30.7 Å². The highest BCUT2D eigenvalue weighted by Crippen LogP contribution is 2.23.